The molecule has 3 rings (SSSR count). The van der Waals surface area contributed by atoms with E-state index in [1.165, 1.54) is 25.1 Å². The normalized spacial score (nSPS) is 15.1. The van der Waals surface area contributed by atoms with Crippen molar-refractivity contribution in [3.8, 4) is 0 Å². The molecule has 1 fully saturated rings. The summed E-state index contributed by atoms with van der Waals surface area (Å²) in [5, 5.41) is 2.64. The molecule has 1 aromatic heterocycles. The Bertz CT molecular complexity index is 769. The molecule has 144 valence electrons. The van der Waals surface area contributed by atoms with Gasteiger partial charge in [0.15, 0.2) is 0 Å². The van der Waals surface area contributed by atoms with Crippen molar-refractivity contribution in [3.05, 3.63) is 65.0 Å². The van der Waals surface area contributed by atoms with Gasteiger partial charge >= 0.3 is 6.18 Å². The molecule has 0 bridgehead atoms. The van der Waals surface area contributed by atoms with E-state index < -0.39 is 11.7 Å². The zero-order chi connectivity index (χ0) is 19.3. The molecule has 0 aliphatic carbocycles. The van der Waals surface area contributed by atoms with Gasteiger partial charge < -0.3 is 10.2 Å². The number of likely N-dealkylation sites (tertiary alicyclic amines) is 1. The largest absolute Gasteiger partial charge is 0.416 e. The van der Waals surface area contributed by atoms with Crippen molar-refractivity contribution in [2.45, 2.75) is 32.0 Å². The quantitative estimate of drug-likeness (QED) is 0.836. The van der Waals surface area contributed by atoms with Gasteiger partial charge in [-0.3, -0.25) is 9.78 Å². The molecule has 1 aliphatic rings. The Kier molecular flexibility index (Phi) is 6.11. The summed E-state index contributed by atoms with van der Waals surface area (Å²) in [6.45, 7) is 3.26. The van der Waals surface area contributed by atoms with Gasteiger partial charge in [0.05, 0.1) is 11.1 Å². The van der Waals surface area contributed by atoms with Gasteiger partial charge in [0.2, 0.25) is 0 Å². The van der Waals surface area contributed by atoms with Crippen molar-refractivity contribution < 1.29 is 18.0 Å². The van der Waals surface area contributed by atoms with Crippen molar-refractivity contribution in [1.82, 2.24) is 15.2 Å². The summed E-state index contributed by atoms with van der Waals surface area (Å²) in [4.78, 5) is 18.9. The highest BCUT2D eigenvalue weighted by molar-refractivity contribution is 5.93. The topological polar surface area (TPSA) is 45.2 Å². The van der Waals surface area contributed by atoms with E-state index in [-0.39, 0.29) is 12.5 Å². The Balaban J connectivity index is 1.52. The number of carbonyl (C=O) groups is 1. The lowest BCUT2D eigenvalue weighted by molar-refractivity contribution is -0.137. The second kappa shape index (κ2) is 8.52. The second-order valence-corrected chi connectivity index (χ2v) is 6.72. The summed E-state index contributed by atoms with van der Waals surface area (Å²) in [6, 6.07) is 8.47. The van der Waals surface area contributed by atoms with Crippen molar-refractivity contribution in [2.24, 2.45) is 0 Å². The maximum Gasteiger partial charge on any atom is 0.416 e. The monoisotopic (exact) mass is 377 g/mol. The van der Waals surface area contributed by atoms with Gasteiger partial charge in [0.1, 0.15) is 0 Å². The number of hydrogen-bond acceptors (Lipinski definition) is 3. The summed E-state index contributed by atoms with van der Waals surface area (Å²) in [7, 11) is 0. The van der Waals surface area contributed by atoms with Crippen LogP contribution in [0.25, 0.3) is 0 Å². The fourth-order valence-corrected chi connectivity index (χ4v) is 3.13. The fraction of sp³-hybridized carbons (Fsp3) is 0.400. The lowest BCUT2D eigenvalue weighted by Crippen LogP contribution is -2.24. The summed E-state index contributed by atoms with van der Waals surface area (Å²) in [5.74, 6) is -0.356. The fourth-order valence-electron chi connectivity index (χ4n) is 3.13. The molecular weight excluding hydrogens is 355 g/mol. The van der Waals surface area contributed by atoms with Crippen LogP contribution in [0, 0.1) is 0 Å². The molecule has 27 heavy (non-hydrogen) atoms. The molecule has 1 aromatic carbocycles. The summed E-state index contributed by atoms with van der Waals surface area (Å²) >= 11 is 0. The molecule has 2 aromatic rings. The number of nitrogens with one attached hydrogen (secondary N) is 1. The lowest BCUT2D eigenvalue weighted by Gasteiger charge is -2.13. The average molecular weight is 377 g/mol. The molecule has 1 N–H and O–H groups in total. The summed E-state index contributed by atoms with van der Waals surface area (Å²) < 4.78 is 38.2. The van der Waals surface area contributed by atoms with Crippen LogP contribution in [0.4, 0.5) is 13.2 Å². The van der Waals surface area contributed by atoms with Crippen LogP contribution in [0.2, 0.25) is 0 Å². The van der Waals surface area contributed by atoms with Crippen molar-refractivity contribution in [1.29, 1.82) is 0 Å². The van der Waals surface area contributed by atoms with Gasteiger partial charge in [-0.2, -0.15) is 13.2 Å². The smallest absolute Gasteiger partial charge is 0.348 e. The third-order valence-electron chi connectivity index (χ3n) is 4.68. The molecule has 1 aliphatic heterocycles. The zero-order valence-electron chi connectivity index (χ0n) is 14.9. The van der Waals surface area contributed by atoms with Gasteiger partial charge in [0, 0.05) is 31.4 Å². The Morgan fingerprint density at radius 1 is 1.15 bits per heavy atom. The standard InChI is InChI=1S/C20H22F3N3O/c21-20(22,23)17-5-3-4-15(12-17)13-25-19(27)16-6-7-18(24-14-16)8-11-26-9-1-2-10-26/h3-7,12,14H,1-2,8-11,13H2,(H,25,27). The third-order valence-corrected chi connectivity index (χ3v) is 4.68. The van der Waals surface area contributed by atoms with Gasteiger partial charge in [-0.05, 0) is 55.8 Å². The number of hydrogen-bond donors (Lipinski definition) is 1. The van der Waals surface area contributed by atoms with Crippen LogP contribution < -0.4 is 5.32 Å². The van der Waals surface area contributed by atoms with Gasteiger partial charge in [-0.15, -0.1) is 0 Å². The number of nitrogens with zero attached hydrogens (tertiary/aromatic N) is 2. The average Bonchev–Trinajstić information content (AvgIpc) is 3.18. The third kappa shape index (κ3) is 5.53. The van der Waals surface area contributed by atoms with E-state index in [2.05, 4.69) is 15.2 Å². The van der Waals surface area contributed by atoms with Gasteiger partial charge in [-0.25, -0.2) is 0 Å². The van der Waals surface area contributed by atoms with E-state index >= 15 is 0 Å². The van der Waals surface area contributed by atoms with Crippen LogP contribution in [0.1, 0.15) is 40.0 Å². The number of aromatic nitrogens is 1. The molecule has 7 heteroatoms. The summed E-state index contributed by atoms with van der Waals surface area (Å²) in [6.07, 6.45) is 0.457. The van der Waals surface area contributed by atoms with Crippen molar-refractivity contribution in [2.75, 3.05) is 19.6 Å². The first kappa shape index (κ1) is 19.4. The lowest BCUT2D eigenvalue weighted by atomic mass is 10.1. The van der Waals surface area contributed by atoms with Crippen LogP contribution in [0.15, 0.2) is 42.6 Å². The van der Waals surface area contributed by atoms with Gasteiger partial charge in [-0.1, -0.05) is 12.1 Å². The molecule has 0 radical (unpaired) electrons. The molecule has 4 nitrogen and oxygen atoms in total. The Morgan fingerprint density at radius 3 is 2.59 bits per heavy atom. The number of halogens is 3. The maximum atomic E-state index is 12.7. The van der Waals surface area contributed by atoms with E-state index in [1.54, 1.807) is 12.1 Å². The number of pyridine rings is 1. The minimum atomic E-state index is -4.39. The molecule has 0 unspecified atom stereocenters. The highest BCUT2D eigenvalue weighted by Gasteiger charge is 2.30. The Hall–Kier alpha value is -2.41. The van der Waals surface area contributed by atoms with Crippen LogP contribution in [-0.2, 0) is 19.1 Å². The number of alkyl halides is 3. The molecule has 2 heterocycles. The summed E-state index contributed by atoms with van der Waals surface area (Å²) in [5.41, 5.74) is 0.995. The van der Waals surface area contributed by atoms with Crippen LogP contribution in [-0.4, -0.2) is 35.4 Å². The number of benzene rings is 1. The predicted octanol–water partition coefficient (Wildman–Crippen LogP) is 3.67. The molecule has 0 atom stereocenters. The highest BCUT2D eigenvalue weighted by atomic mass is 19.4. The van der Waals surface area contributed by atoms with E-state index in [0.29, 0.717) is 11.1 Å². The van der Waals surface area contributed by atoms with Gasteiger partial charge in [0.25, 0.3) is 5.91 Å². The molecule has 0 spiro atoms. The minimum absolute atomic E-state index is 0.0272. The number of carbonyl (C=O) groups excluding carboxylic acids is 1. The van der Waals surface area contributed by atoms with Crippen molar-refractivity contribution in [3.63, 3.8) is 0 Å². The predicted molar refractivity (Wildman–Crippen MR) is 96.2 cm³/mol. The highest BCUT2D eigenvalue weighted by Crippen LogP contribution is 2.29. The molecule has 0 saturated carbocycles. The molecular formula is C20H22F3N3O. The molecule has 1 amide bonds. The number of amides is 1. The first-order valence-electron chi connectivity index (χ1n) is 9.03. The zero-order valence-corrected chi connectivity index (χ0v) is 14.9. The van der Waals surface area contributed by atoms with Crippen LogP contribution in [0.3, 0.4) is 0 Å². The van der Waals surface area contributed by atoms with E-state index in [0.717, 1.165) is 43.9 Å². The number of rotatable bonds is 6. The Morgan fingerprint density at radius 2 is 1.93 bits per heavy atom. The SMILES string of the molecule is O=C(NCc1cccc(C(F)(F)F)c1)c1ccc(CCN2CCCC2)nc1. The molecule has 1 saturated heterocycles. The van der Waals surface area contributed by atoms with E-state index in [1.807, 2.05) is 6.07 Å². The van der Waals surface area contributed by atoms with Crippen molar-refractivity contribution >= 4 is 5.91 Å². The van der Waals surface area contributed by atoms with E-state index in [9.17, 15) is 18.0 Å². The Labute approximate surface area is 156 Å². The minimum Gasteiger partial charge on any atom is -0.348 e. The van der Waals surface area contributed by atoms with Crippen LogP contribution in [0.5, 0.6) is 0 Å². The second-order valence-electron chi connectivity index (χ2n) is 6.72. The van der Waals surface area contributed by atoms with Crippen LogP contribution >= 0.6 is 0 Å². The van der Waals surface area contributed by atoms with E-state index in [4.69, 9.17) is 0 Å². The first-order valence-corrected chi connectivity index (χ1v) is 9.03. The maximum absolute atomic E-state index is 12.7. The first-order chi connectivity index (χ1) is 12.9.